The maximum absolute atomic E-state index is 12.2. The van der Waals surface area contributed by atoms with Crippen LogP contribution in [0.1, 0.15) is 18.5 Å². The average molecular weight is 338 g/mol. The van der Waals surface area contributed by atoms with Crippen molar-refractivity contribution in [2.75, 3.05) is 17.1 Å². The number of nitrogens with zero attached hydrogens (tertiary/aromatic N) is 1. The molecule has 1 fully saturated rings. The monoisotopic (exact) mass is 338 g/mol. The SMILES string of the molecule is Cc1csc(-c2cccc(NS(=O)(=O)C[C@@H]3CCCO3)c2)n1. The molecule has 1 aliphatic rings. The van der Waals surface area contributed by atoms with Gasteiger partial charge in [0.05, 0.1) is 11.9 Å². The molecule has 0 bridgehead atoms. The van der Waals surface area contributed by atoms with Crippen LogP contribution in [0, 0.1) is 6.92 Å². The predicted octanol–water partition coefficient (Wildman–Crippen LogP) is 3.04. The average Bonchev–Trinajstić information content (AvgIpc) is 3.09. The number of nitrogens with one attached hydrogen (secondary N) is 1. The van der Waals surface area contributed by atoms with E-state index in [0.717, 1.165) is 29.1 Å². The Morgan fingerprint density at radius 2 is 2.32 bits per heavy atom. The summed E-state index contributed by atoms with van der Waals surface area (Å²) < 4.78 is 32.4. The van der Waals surface area contributed by atoms with Gasteiger partial charge in [-0.15, -0.1) is 11.3 Å². The first-order valence-electron chi connectivity index (χ1n) is 7.16. The van der Waals surface area contributed by atoms with Gasteiger partial charge in [0.15, 0.2) is 0 Å². The van der Waals surface area contributed by atoms with E-state index >= 15 is 0 Å². The van der Waals surface area contributed by atoms with Crippen LogP contribution in [0.15, 0.2) is 29.6 Å². The summed E-state index contributed by atoms with van der Waals surface area (Å²) in [6, 6.07) is 7.31. The van der Waals surface area contributed by atoms with E-state index in [0.29, 0.717) is 12.3 Å². The van der Waals surface area contributed by atoms with Gasteiger partial charge in [0.25, 0.3) is 0 Å². The smallest absolute Gasteiger partial charge is 0.235 e. The van der Waals surface area contributed by atoms with Crippen LogP contribution in [0.4, 0.5) is 5.69 Å². The lowest BCUT2D eigenvalue weighted by atomic mass is 10.2. The molecule has 1 aromatic heterocycles. The second kappa shape index (κ2) is 6.36. The van der Waals surface area contributed by atoms with Crippen molar-refractivity contribution in [1.29, 1.82) is 0 Å². The molecule has 1 N–H and O–H groups in total. The quantitative estimate of drug-likeness (QED) is 0.910. The van der Waals surface area contributed by atoms with Gasteiger partial charge in [-0.25, -0.2) is 13.4 Å². The first kappa shape index (κ1) is 15.5. The number of benzene rings is 1. The van der Waals surface area contributed by atoms with E-state index in [1.54, 1.807) is 17.4 Å². The third kappa shape index (κ3) is 3.85. The molecule has 5 nitrogen and oxygen atoms in total. The molecule has 0 aliphatic carbocycles. The molecule has 1 aromatic carbocycles. The summed E-state index contributed by atoms with van der Waals surface area (Å²) in [5.74, 6) is 0.00753. The Morgan fingerprint density at radius 3 is 3.00 bits per heavy atom. The Labute approximate surface area is 134 Å². The van der Waals surface area contributed by atoms with Crippen molar-refractivity contribution in [3.05, 3.63) is 35.3 Å². The summed E-state index contributed by atoms with van der Waals surface area (Å²) in [4.78, 5) is 4.42. The minimum Gasteiger partial charge on any atom is -0.377 e. The van der Waals surface area contributed by atoms with Crippen molar-refractivity contribution in [3.63, 3.8) is 0 Å². The van der Waals surface area contributed by atoms with Crippen molar-refractivity contribution in [1.82, 2.24) is 4.98 Å². The Hall–Kier alpha value is -1.44. The van der Waals surface area contributed by atoms with Gasteiger partial charge in [0.1, 0.15) is 5.01 Å². The first-order chi connectivity index (χ1) is 10.5. The molecule has 7 heteroatoms. The molecule has 1 atom stereocenters. The topological polar surface area (TPSA) is 68.3 Å². The summed E-state index contributed by atoms with van der Waals surface area (Å²) in [7, 11) is -3.40. The molecule has 0 spiro atoms. The fraction of sp³-hybridized carbons (Fsp3) is 0.400. The number of sulfonamides is 1. The van der Waals surface area contributed by atoms with Crippen LogP contribution in [0.5, 0.6) is 0 Å². The maximum Gasteiger partial charge on any atom is 0.235 e. The largest absolute Gasteiger partial charge is 0.377 e. The minimum absolute atomic E-state index is 0.00753. The van der Waals surface area contributed by atoms with Crippen molar-refractivity contribution in [2.45, 2.75) is 25.9 Å². The highest BCUT2D eigenvalue weighted by atomic mass is 32.2. The second-order valence-corrected chi connectivity index (χ2v) is 8.02. The van der Waals surface area contributed by atoms with E-state index < -0.39 is 10.0 Å². The molecule has 3 rings (SSSR count). The standard InChI is InChI=1S/C15H18N2O3S2/c1-11-9-21-15(16-11)12-4-2-5-13(8-12)17-22(18,19)10-14-6-3-7-20-14/h2,4-5,8-9,14,17H,3,6-7,10H2,1H3/t14-/m0/s1. The fourth-order valence-corrected chi connectivity index (χ4v) is 4.56. The summed E-state index contributed by atoms with van der Waals surface area (Å²) >= 11 is 1.55. The number of aromatic nitrogens is 1. The molecule has 0 radical (unpaired) electrons. The van der Waals surface area contributed by atoms with E-state index in [2.05, 4.69) is 9.71 Å². The van der Waals surface area contributed by atoms with Gasteiger partial charge < -0.3 is 4.74 Å². The van der Waals surface area contributed by atoms with Crippen molar-refractivity contribution >= 4 is 27.0 Å². The number of hydrogen-bond donors (Lipinski definition) is 1. The van der Waals surface area contributed by atoms with Crippen LogP contribution >= 0.6 is 11.3 Å². The van der Waals surface area contributed by atoms with Gasteiger partial charge in [-0.3, -0.25) is 4.72 Å². The van der Waals surface area contributed by atoms with Crippen molar-refractivity contribution in [2.24, 2.45) is 0 Å². The van der Waals surface area contributed by atoms with Crippen LogP contribution in [-0.4, -0.2) is 31.9 Å². The van der Waals surface area contributed by atoms with Crippen LogP contribution < -0.4 is 4.72 Å². The molecule has 118 valence electrons. The second-order valence-electron chi connectivity index (χ2n) is 5.39. The number of thiazole rings is 1. The Kier molecular flexibility index (Phi) is 4.46. The number of hydrogen-bond acceptors (Lipinski definition) is 5. The zero-order valence-corrected chi connectivity index (χ0v) is 13.9. The molecule has 0 unspecified atom stereocenters. The van der Waals surface area contributed by atoms with Crippen molar-refractivity contribution in [3.8, 4) is 10.6 Å². The lowest BCUT2D eigenvalue weighted by molar-refractivity contribution is 0.127. The van der Waals surface area contributed by atoms with Crippen molar-refractivity contribution < 1.29 is 13.2 Å². The lowest BCUT2D eigenvalue weighted by Crippen LogP contribution is -2.25. The first-order valence-corrected chi connectivity index (χ1v) is 9.70. The third-order valence-electron chi connectivity index (χ3n) is 3.43. The Morgan fingerprint density at radius 1 is 1.45 bits per heavy atom. The summed E-state index contributed by atoms with van der Waals surface area (Å²) in [5.41, 5.74) is 2.43. The fourth-order valence-electron chi connectivity index (χ4n) is 2.44. The molecular formula is C15H18N2O3S2. The summed E-state index contributed by atoms with van der Waals surface area (Å²) in [6.45, 7) is 2.59. The van der Waals surface area contributed by atoms with E-state index in [9.17, 15) is 8.42 Å². The van der Waals surface area contributed by atoms with Gasteiger partial charge in [0, 0.05) is 28.9 Å². The van der Waals surface area contributed by atoms with Gasteiger partial charge in [0.2, 0.25) is 10.0 Å². The van der Waals surface area contributed by atoms with Crippen LogP contribution in [0.2, 0.25) is 0 Å². The number of ether oxygens (including phenoxy) is 1. The molecule has 1 aliphatic heterocycles. The zero-order chi connectivity index (χ0) is 15.6. The highest BCUT2D eigenvalue weighted by molar-refractivity contribution is 7.92. The Bertz CT molecular complexity index is 750. The molecular weight excluding hydrogens is 320 g/mol. The van der Waals surface area contributed by atoms with Gasteiger partial charge >= 0.3 is 0 Å². The third-order valence-corrected chi connectivity index (χ3v) is 5.80. The maximum atomic E-state index is 12.2. The van der Waals surface area contributed by atoms with Crippen LogP contribution in [-0.2, 0) is 14.8 Å². The summed E-state index contributed by atoms with van der Waals surface area (Å²) in [5, 5.41) is 2.86. The number of rotatable bonds is 5. The van der Waals surface area contributed by atoms with E-state index in [-0.39, 0.29) is 11.9 Å². The molecule has 2 aromatic rings. The zero-order valence-electron chi connectivity index (χ0n) is 12.3. The number of anilines is 1. The van der Waals surface area contributed by atoms with Gasteiger partial charge in [-0.2, -0.15) is 0 Å². The van der Waals surface area contributed by atoms with E-state index in [1.807, 2.05) is 30.5 Å². The lowest BCUT2D eigenvalue weighted by Gasteiger charge is -2.12. The molecule has 0 saturated carbocycles. The molecule has 22 heavy (non-hydrogen) atoms. The molecule has 0 amide bonds. The van der Waals surface area contributed by atoms with Gasteiger partial charge in [-0.1, -0.05) is 12.1 Å². The van der Waals surface area contributed by atoms with E-state index in [4.69, 9.17) is 4.74 Å². The normalized spacial score (nSPS) is 18.5. The van der Waals surface area contributed by atoms with Gasteiger partial charge in [-0.05, 0) is 31.9 Å². The van der Waals surface area contributed by atoms with Crippen LogP contribution in [0.25, 0.3) is 10.6 Å². The summed E-state index contributed by atoms with van der Waals surface area (Å²) in [6.07, 6.45) is 1.54. The highest BCUT2D eigenvalue weighted by Crippen LogP contribution is 2.26. The highest BCUT2D eigenvalue weighted by Gasteiger charge is 2.23. The predicted molar refractivity (Wildman–Crippen MR) is 88.7 cm³/mol. The molecule has 1 saturated heterocycles. The minimum atomic E-state index is -3.40. The number of aryl methyl sites for hydroxylation is 1. The van der Waals surface area contributed by atoms with E-state index in [1.165, 1.54) is 0 Å². The molecule has 2 heterocycles. The Balaban J connectivity index is 1.74. The van der Waals surface area contributed by atoms with Crippen LogP contribution in [0.3, 0.4) is 0 Å².